The van der Waals surface area contributed by atoms with E-state index in [1.807, 2.05) is 42.6 Å². The minimum atomic E-state index is -0.191. The highest BCUT2D eigenvalue weighted by Gasteiger charge is 2.38. The van der Waals surface area contributed by atoms with Gasteiger partial charge in [0.25, 0.3) is 0 Å². The molecule has 0 unspecified atom stereocenters. The minimum Gasteiger partial charge on any atom is -0.317 e. The molecule has 25 heavy (non-hydrogen) atoms. The molecule has 0 atom stereocenters. The van der Waals surface area contributed by atoms with Gasteiger partial charge in [-0.25, -0.2) is 9.97 Å². The van der Waals surface area contributed by atoms with Gasteiger partial charge in [-0.2, -0.15) is 0 Å². The van der Waals surface area contributed by atoms with Gasteiger partial charge in [-0.3, -0.25) is 4.98 Å². The second-order valence-electron chi connectivity index (χ2n) is 6.32. The van der Waals surface area contributed by atoms with Gasteiger partial charge in [0.05, 0.1) is 5.69 Å². The van der Waals surface area contributed by atoms with Gasteiger partial charge in [0, 0.05) is 34.6 Å². The predicted octanol–water partition coefficient (Wildman–Crippen LogP) is 3.86. The third-order valence-electron chi connectivity index (χ3n) is 4.91. The molecule has 1 fully saturated rings. The molecule has 1 aliphatic rings. The van der Waals surface area contributed by atoms with E-state index in [1.165, 1.54) is 0 Å². The molecule has 0 radical (unpaired) electrons. The van der Waals surface area contributed by atoms with Crippen molar-refractivity contribution in [2.75, 3.05) is 13.1 Å². The summed E-state index contributed by atoms with van der Waals surface area (Å²) in [6.45, 7) is 1.88. The van der Waals surface area contributed by atoms with E-state index in [9.17, 15) is 0 Å². The Labute approximate surface area is 152 Å². The number of hydrogen-bond acceptors (Lipinski definition) is 4. The van der Waals surface area contributed by atoms with Crippen molar-refractivity contribution in [1.82, 2.24) is 20.3 Å². The highest BCUT2D eigenvalue weighted by Crippen LogP contribution is 2.42. The van der Waals surface area contributed by atoms with Crippen molar-refractivity contribution in [1.29, 1.82) is 0 Å². The van der Waals surface area contributed by atoms with Crippen molar-refractivity contribution in [2.45, 2.75) is 18.3 Å². The lowest BCUT2D eigenvalue weighted by molar-refractivity contribution is 0.354. The summed E-state index contributed by atoms with van der Waals surface area (Å²) in [5.74, 6) is 0.704. The first kappa shape index (κ1) is 16.2. The first-order chi connectivity index (χ1) is 12.3. The van der Waals surface area contributed by atoms with Crippen molar-refractivity contribution in [3.63, 3.8) is 0 Å². The minimum absolute atomic E-state index is 0.191. The second kappa shape index (κ2) is 6.90. The monoisotopic (exact) mass is 350 g/mol. The molecule has 3 heterocycles. The maximum Gasteiger partial charge on any atom is 0.160 e. The number of halogens is 1. The summed E-state index contributed by atoms with van der Waals surface area (Å²) in [5.41, 5.74) is 2.90. The topological polar surface area (TPSA) is 50.7 Å². The molecule has 4 nitrogen and oxygen atoms in total. The molecule has 1 aromatic carbocycles. The normalized spacial score (nSPS) is 16.5. The Morgan fingerprint density at radius 2 is 1.80 bits per heavy atom. The summed E-state index contributed by atoms with van der Waals surface area (Å²) in [4.78, 5) is 13.6. The van der Waals surface area contributed by atoms with Crippen LogP contribution < -0.4 is 5.32 Å². The number of pyridine rings is 1. The zero-order chi connectivity index (χ0) is 17.1. The van der Waals surface area contributed by atoms with Crippen LogP contribution in [0.5, 0.6) is 0 Å². The molecule has 0 amide bonds. The largest absolute Gasteiger partial charge is 0.317 e. The fraction of sp³-hybridized carbons (Fsp3) is 0.250. The molecule has 0 saturated carbocycles. The van der Waals surface area contributed by atoms with Gasteiger partial charge >= 0.3 is 0 Å². The van der Waals surface area contributed by atoms with Crippen LogP contribution in [-0.2, 0) is 5.41 Å². The van der Waals surface area contributed by atoms with Crippen LogP contribution in [0, 0.1) is 0 Å². The molecule has 1 saturated heterocycles. The fourth-order valence-corrected chi connectivity index (χ4v) is 3.94. The molecule has 4 rings (SSSR count). The fourth-order valence-electron chi connectivity index (χ4n) is 3.63. The average molecular weight is 351 g/mol. The highest BCUT2D eigenvalue weighted by molar-refractivity contribution is 6.31. The molecule has 126 valence electrons. The quantitative estimate of drug-likeness (QED) is 0.779. The van der Waals surface area contributed by atoms with Crippen LogP contribution in [0.25, 0.3) is 11.4 Å². The number of nitrogens with zero attached hydrogens (tertiary/aromatic N) is 3. The van der Waals surface area contributed by atoms with Crippen LogP contribution in [-0.4, -0.2) is 28.0 Å². The standard InChI is InChI=1S/C20H19ClN4/c21-17-6-2-1-5-16(17)20(8-12-22-13-9-20)18-7-11-24-19(25-18)15-4-3-10-23-14-15/h1-7,10-11,14,22H,8-9,12-13H2. The van der Waals surface area contributed by atoms with E-state index in [-0.39, 0.29) is 5.41 Å². The number of aromatic nitrogens is 3. The Kier molecular flexibility index (Phi) is 4.47. The Hall–Kier alpha value is -2.30. The maximum absolute atomic E-state index is 6.58. The summed E-state index contributed by atoms with van der Waals surface area (Å²) in [6, 6.07) is 14.0. The summed E-state index contributed by atoms with van der Waals surface area (Å²) >= 11 is 6.58. The zero-order valence-corrected chi connectivity index (χ0v) is 14.6. The van der Waals surface area contributed by atoms with Gasteiger partial charge in [0.15, 0.2) is 5.82 Å². The SMILES string of the molecule is Clc1ccccc1C1(c2ccnc(-c3cccnc3)n2)CCNCC1. The molecule has 5 heteroatoms. The smallest absolute Gasteiger partial charge is 0.160 e. The molecule has 1 aliphatic heterocycles. The van der Waals surface area contributed by atoms with Crippen molar-refractivity contribution < 1.29 is 0 Å². The maximum atomic E-state index is 6.58. The Balaban J connectivity index is 1.85. The van der Waals surface area contributed by atoms with Crippen LogP contribution in [0.2, 0.25) is 5.02 Å². The Morgan fingerprint density at radius 3 is 2.56 bits per heavy atom. The molecular weight excluding hydrogens is 332 g/mol. The van der Waals surface area contributed by atoms with E-state index in [0.29, 0.717) is 5.82 Å². The van der Waals surface area contributed by atoms with Gasteiger partial charge in [-0.05, 0) is 55.8 Å². The summed E-state index contributed by atoms with van der Waals surface area (Å²) in [7, 11) is 0. The van der Waals surface area contributed by atoms with E-state index in [4.69, 9.17) is 16.6 Å². The summed E-state index contributed by atoms with van der Waals surface area (Å²) < 4.78 is 0. The van der Waals surface area contributed by atoms with E-state index in [1.54, 1.807) is 12.4 Å². The zero-order valence-electron chi connectivity index (χ0n) is 13.8. The highest BCUT2D eigenvalue weighted by atomic mass is 35.5. The Bertz CT molecular complexity index is 860. The van der Waals surface area contributed by atoms with Crippen LogP contribution in [0.15, 0.2) is 61.1 Å². The van der Waals surface area contributed by atoms with Gasteiger partial charge in [0.2, 0.25) is 0 Å². The number of nitrogens with one attached hydrogen (secondary N) is 1. The van der Waals surface area contributed by atoms with Crippen molar-refractivity contribution in [3.05, 3.63) is 77.3 Å². The lowest BCUT2D eigenvalue weighted by Gasteiger charge is -2.38. The lowest BCUT2D eigenvalue weighted by Crippen LogP contribution is -2.41. The van der Waals surface area contributed by atoms with Crippen LogP contribution in [0.4, 0.5) is 0 Å². The van der Waals surface area contributed by atoms with Crippen LogP contribution >= 0.6 is 11.6 Å². The van der Waals surface area contributed by atoms with Crippen molar-refractivity contribution >= 4 is 11.6 Å². The number of benzene rings is 1. The molecule has 0 spiro atoms. The van der Waals surface area contributed by atoms with E-state index >= 15 is 0 Å². The van der Waals surface area contributed by atoms with Crippen molar-refractivity contribution in [3.8, 4) is 11.4 Å². The summed E-state index contributed by atoms with van der Waals surface area (Å²) in [6.07, 6.45) is 7.31. The van der Waals surface area contributed by atoms with E-state index < -0.39 is 0 Å². The van der Waals surface area contributed by atoms with E-state index in [0.717, 1.165) is 47.8 Å². The van der Waals surface area contributed by atoms with Crippen molar-refractivity contribution in [2.24, 2.45) is 0 Å². The number of piperidine rings is 1. The van der Waals surface area contributed by atoms with Crippen LogP contribution in [0.1, 0.15) is 24.1 Å². The Morgan fingerprint density at radius 1 is 0.960 bits per heavy atom. The first-order valence-electron chi connectivity index (χ1n) is 8.49. The lowest BCUT2D eigenvalue weighted by atomic mass is 9.70. The average Bonchev–Trinajstić information content (AvgIpc) is 2.70. The number of hydrogen-bond donors (Lipinski definition) is 1. The molecule has 3 aromatic rings. The van der Waals surface area contributed by atoms with Gasteiger partial charge in [0.1, 0.15) is 0 Å². The molecule has 1 N–H and O–H groups in total. The summed E-state index contributed by atoms with van der Waals surface area (Å²) in [5, 5.41) is 4.25. The molecule has 0 bridgehead atoms. The van der Waals surface area contributed by atoms with Crippen LogP contribution in [0.3, 0.4) is 0 Å². The molecular formula is C20H19ClN4. The van der Waals surface area contributed by atoms with Gasteiger partial charge < -0.3 is 5.32 Å². The molecule has 2 aromatic heterocycles. The third-order valence-corrected chi connectivity index (χ3v) is 5.24. The van der Waals surface area contributed by atoms with E-state index in [2.05, 4.69) is 21.4 Å². The van der Waals surface area contributed by atoms with Gasteiger partial charge in [-0.15, -0.1) is 0 Å². The first-order valence-corrected chi connectivity index (χ1v) is 8.87. The molecule has 0 aliphatic carbocycles. The van der Waals surface area contributed by atoms with Gasteiger partial charge in [-0.1, -0.05) is 29.8 Å². The second-order valence-corrected chi connectivity index (χ2v) is 6.73. The third kappa shape index (κ3) is 3.03. The number of rotatable bonds is 3. The predicted molar refractivity (Wildman–Crippen MR) is 99.6 cm³/mol.